The molecule has 2 aromatic carbocycles. The van der Waals surface area contributed by atoms with Crippen LogP contribution in [0.1, 0.15) is 11.1 Å². The van der Waals surface area contributed by atoms with Crippen molar-refractivity contribution in [3.63, 3.8) is 0 Å². The number of anilines is 1. The molecule has 0 radical (unpaired) electrons. The highest BCUT2D eigenvalue weighted by Crippen LogP contribution is 2.25. The van der Waals surface area contributed by atoms with Crippen LogP contribution in [0.3, 0.4) is 0 Å². The summed E-state index contributed by atoms with van der Waals surface area (Å²) in [4.78, 5) is 14.3. The lowest BCUT2D eigenvalue weighted by molar-refractivity contribution is -0.119. The summed E-state index contributed by atoms with van der Waals surface area (Å²) in [6.45, 7) is 1.52. The number of fused-ring (bicyclic) bond motifs is 1. The van der Waals surface area contributed by atoms with Gasteiger partial charge in [0.15, 0.2) is 0 Å². The van der Waals surface area contributed by atoms with Gasteiger partial charge >= 0.3 is 0 Å². The maximum absolute atomic E-state index is 12.9. The van der Waals surface area contributed by atoms with Crippen LogP contribution in [0.15, 0.2) is 48.5 Å². The minimum Gasteiger partial charge on any atom is -0.360 e. The molecule has 0 aromatic heterocycles. The maximum atomic E-state index is 12.9. The van der Waals surface area contributed by atoms with Gasteiger partial charge in [0, 0.05) is 24.8 Å². The molecule has 0 aliphatic carbocycles. The third-order valence-electron chi connectivity index (χ3n) is 4.25. The predicted molar refractivity (Wildman–Crippen MR) is 93.4 cm³/mol. The lowest BCUT2D eigenvalue weighted by Gasteiger charge is -2.34. The van der Waals surface area contributed by atoms with E-state index in [-0.39, 0.29) is 17.8 Å². The molecule has 1 unspecified atom stereocenters. The zero-order valence-corrected chi connectivity index (χ0v) is 13.5. The second-order valence-corrected chi connectivity index (χ2v) is 6.20. The first-order valence-electron chi connectivity index (χ1n) is 8.21. The summed E-state index contributed by atoms with van der Waals surface area (Å²) in [5, 5.41) is 2.92. The van der Waals surface area contributed by atoms with E-state index in [1.807, 2.05) is 23.1 Å². The van der Waals surface area contributed by atoms with Gasteiger partial charge in [-0.1, -0.05) is 30.3 Å². The van der Waals surface area contributed by atoms with E-state index in [1.165, 1.54) is 17.7 Å². The third kappa shape index (κ3) is 4.11. The van der Waals surface area contributed by atoms with E-state index in [1.54, 1.807) is 12.1 Å². The minimum atomic E-state index is -0.247. The molecule has 1 aliphatic rings. The first kappa shape index (κ1) is 16.5. The number of nitrogens with zero attached hydrogens (tertiary/aromatic N) is 1. The van der Waals surface area contributed by atoms with E-state index >= 15 is 0 Å². The van der Waals surface area contributed by atoms with Crippen LogP contribution in [0.4, 0.5) is 10.1 Å². The standard InChI is InChI=1S/C19H22FN3O/c20-16-7-5-14(6-8-16)9-10-22-19(24)13-23-12-17(21)11-15-3-1-2-4-18(15)23/h1-8,17H,9-13,21H2,(H,22,24). The quantitative estimate of drug-likeness (QED) is 0.881. The van der Waals surface area contributed by atoms with Crippen molar-refractivity contribution in [3.05, 3.63) is 65.5 Å². The van der Waals surface area contributed by atoms with Gasteiger partial charge in [0.05, 0.1) is 6.54 Å². The van der Waals surface area contributed by atoms with Crippen LogP contribution in [0.2, 0.25) is 0 Å². The van der Waals surface area contributed by atoms with Crippen molar-refractivity contribution >= 4 is 11.6 Å². The Labute approximate surface area is 141 Å². The van der Waals surface area contributed by atoms with Crippen LogP contribution in [-0.4, -0.2) is 31.6 Å². The fourth-order valence-corrected chi connectivity index (χ4v) is 3.10. The summed E-state index contributed by atoms with van der Waals surface area (Å²) < 4.78 is 12.9. The Balaban J connectivity index is 1.52. The number of hydrogen-bond donors (Lipinski definition) is 2. The number of carbonyl (C=O) groups is 1. The lowest BCUT2D eigenvalue weighted by Crippen LogP contribution is -2.47. The number of rotatable bonds is 5. The molecular weight excluding hydrogens is 305 g/mol. The van der Waals surface area contributed by atoms with Gasteiger partial charge < -0.3 is 16.0 Å². The Kier molecular flexibility index (Phi) is 5.11. The SMILES string of the molecule is NC1Cc2ccccc2N(CC(=O)NCCc2ccc(F)cc2)C1. The first-order valence-corrected chi connectivity index (χ1v) is 8.21. The summed E-state index contributed by atoms with van der Waals surface area (Å²) in [5.74, 6) is -0.274. The molecule has 1 amide bonds. The van der Waals surface area contributed by atoms with Gasteiger partial charge in [0.2, 0.25) is 5.91 Å². The first-order chi connectivity index (χ1) is 11.6. The van der Waals surface area contributed by atoms with Crippen molar-refractivity contribution < 1.29 is 9.18 Å². The smallest absolute Gasteiger partial charge is 0.239 e. The Hall–Kier alpha value is -2.40. The van der Waals surface area contributed by atoms with E-state index in [0.29, 0.717) is 26.1 Å². The van der Waals surface area contributed by atoms with E-state index in [2.05, 4.69) is 11.4 Å². The second kappa shape index (κ2) is 7.45. The minimum absolute atomic E-state index is 0.0268. The van der Waals surface area contributed by atoms with E-state index in [9.17, 15) is 9.18 Å². The van der Waals surface area contributed by atoms with E-state index in [4.69, 9.17) is 5.73 Å². The summed E-state index contributed by atoms with van der Waals surface area (Å²) in [6.07, 6.45) is 1.53. The Morgan fingerprint density at radius 3 is 2.75 bits per heavy atom. The van der Waals surface area contributed by atoms with Crippen LogP contribution < -0.4 is 16.0 Å². The fourth-order valence-electron chi connectivity index (χ4n) is 3.10. The van der Waals surface area contributed by atoms with Crippen LogP contribution in [0, 0.1) is 5.82 Å². The Morgan fingerprint density at radius 2 is 1.96 bits per heavy atom. The Morgan fingerprint density at radius 1 is 1.21 bits per heavy atom. The average Bonchev–Trinajstić information content (AvgIpc) is 2.56. The number of para-hydroxylation sites is 1. The molecule has 0 fully saturated rings. The largest absolute Gasteiger partial charge is 0.360 e. The van der Waals surface area contributed by atoms with Crippen molar-refractivity contribution in [1.29, 1.82) is 0 Å². The zero-order chi connectivity index (χ0) is 16.9. The Bertz CT molecular complexity index is 702. The molecule has 1 aliphatic heterocycles. The molecule has 0 bridgehead atoms. The monoisotopic (exact) mass is 327 g/mol. The number of hydrogen-bond acceptors (Lipinski definition) is 3. The lowest BCUT2D eigenvalue weighted by atomic mass is 9.98. The maximum Gasteiger partial charge on any atom is 0.239 e. The molecule has 3 N–H and O–H groups in total. The normalized spacial score (nSPS) is 16.6. The molecule has 2 aromatic rings. The van der Waals surface area contributed by atoms with Gasteiger partial charge in [-0.05, 0) is 42.2 Å². The van der Waals surface area contributed by atoms with Crippen molar-refractivity contribution in [2.75, 3.05) is 24.5 Å². The van der Waals surface area contributed by atoms with Gasteiger partial charge in [-0.2, -0.15) is 0 Å². The molecule has 3 rings (SSSR count). The van der Waals surface area contributed by atoms with Crippen molar-refractivity contribution in [2.24, 2.45) is 5.73 Å². The molecule has 5 heteroatoms. The second-order valence-electron chi connectivity index (χ2n) is 6.20. The van der Waals surface area contributed by atoms with Crippen molar-refractivity contribution in [1.82, 2.24) is 5.32 Å². The predicted octanol–water partition coefficient (Wildman–Crippen LogP) is 1.87. The molecule has 1 atom stereocenters. The van der Waals surface area contributed by atoms with Gasteiger partial charge in [0.1, 0.15) is 5.82 Å². The number of carbonyl (C=O) groups excluding carboxylic acids is 1. The molecule has 4 nitrogen and oxygen atoms in total. The summed E-state index contributed by atoms with van der Waals surface area (Å²) in [6, 6.07) is 14.5. The van der Waals surface area contributed by atoms with Crippen molar-refractivity contribution in [2.45, 2.75) is 18.9 Å². The number of nitrogens with one attached hydrogen (secondary N) is 1. The summed E-state index contributed by atoms with van der Waals surface area (Å²) >= 11 is 0. The number of amides is 1. The van der Waals surface area contributed by atoms with Gasteiger partial charge in [-0.3, -0.25) is 4.79 Å². The van der Waals surface area contributed by atoms with Crippen LogP contribution in [0.25, 0.3) is 0 Å². The van der Waals surface area contributed by atoms with Crippen LogP contribution in [0.5, 0.6) is 0 Å². The van der Waals surface area contributed by atoms with Crippen LogP contribution >= 0.6 is 0 Å². The number of benzene rings is 2. The van der Waals surface area contributed by atoms with Gasteiger partial charge in [0.25, 0.3) is 0 Å². The molecular formula is C19H22FN3O. The summed E-state index contributed by atoms with van der Waals surface area (Å²) in [5.41, 5.74) is 9.38. The third-order valence-corrected chi connectivity index (χ3v) is 4.25. The van der Waals surface area contributed by atoms with Crippen LogP contribution in [-0.2, 0) is 17.6 Å². The molecule has 0 saturated heterocycles. The average molecular weight is 327 g/mol. The fraction of sp³-hybridized carbons (Fsp3) is 0.316. The topological polar surface area (TPSA) is 58.4 Å². The highest BCUT2D eigenvalue weighted by atomic mass is 19.1. The molecule has 24 heavy (non-hydrogen) atoms. The summed E-state index contributed by atoms with van der Waals surface area (Å²) in [7, 11) is 0. The molecule has 0 spiro atoms. The molecule has 1 heterocycles. The zero-order valence-electron chi connectivity index (χ0n) is 13.5. The van der Waals surface area contributed by atoms with Gasteiger partial charge in [-0.15, -0.1) is 0 Å². The van der Waals surface area contributed by atoms with Crippen molar-refractivity contribution in [3.8, 4) is 0 Å². The van der Waals surface area contributed by atoms with E-state index < -0.39 is 0 Å². The molecule has 126 valence electrons. The highest BCUT2D eigenvalue weighted by Gasteiger charge is 2.23. The number of halogens is 1. The number of nitrogens with two attached hydrogens (primary N) is 1. The van der Waals surface area contributed by atoms with Gasteiger partial charge in [-0.25, -0.2) is 4.39 Å². The van der Waals surface area contributed by atoms with E-state index in [0.717, 1.165) is 17.7 Å². The molecule has 0 saturated carbocycles. The highest BCUT2D eigenvalue weighted by molar-refractivity contribution is 5.82.